The van der Waals surface area contributed by atoms with Crippen molar-refractivity contribution >= 4 is 5.78 Å². The quantitative estimate of drug-likeness (QED) is 0.720. The highest BCUT2D eigenvalue weighted by Crippen LogP contribution is 2.13. The van der Waals surface area contributed by atoms with Crippen LogP contribution in [0.4, 0.5) is 0 Å². The summed E-state index contributed by atoms with van der Waals surface area (Å²) in [4.78, 5) is 11.9. The molecule has 1 rings (SSSR count). The van der Waals surface area contributed by atoms with Gasteiger partial charge in [-0.1, -0.05) is 20.8 Å². The van der Waals surface area contributed by atoms with Gasteiger partial charge in [0.25, 0.3) is 0 Å². The van der Waals surface area contributed by atoms with E-state index in [1.807, 2.05) is 24.3 Å². The van der Waals surface area contributed by atoms with Crippen LogP contribution in [-0.2, 0) is 0 Å². The number of carbonyl (C=O) groups excluding carboxylic acids is 1. The molecule has 3 heteroatoms. The van der Waals surface area contributed by atoms with Crippen LogP contribution in [0.1, 0.15) is 44.0 Å². The summed E-state index contributed by atoms with van der Waals surface area (Å²) in [6.45, 7) is 7.66. The van der Waals surface area contributed by atoms with Gasteiger partial charge in [0.1, 0.15) is 5.75 Å². The van der Waals surface area contributed by atoms with E-state index in [4.69, 9.17) is 4.74 Å². The maximum atomic E-state index is 11.9. The van der Waals surface area contributed by atoms with Crippen molar-refractivity contribution in [1.29, 1.82) is 0 Å². The summed E-state index contributed by atoms with van der Waals surface area (Å²) in [6, 6.07) is 7.81. The van der Waals surface area contributed by atoms with E-state index < -0.39 is 0 Å². The zero-order valence-electron chi connectivity index (χ0n) is 11.5. The summed E-state index contributed by atoms with van der Waals surface area (Å²) < 4.78 is 5.48. The first-order chi connectivity index (χ1) is 8.63. The molecule has 0 atom stereocenters. The SMILES string of the molecule is CCCOc1ccc(C(=O)CCNC(C)C)cc1. The standard InChI is InChI=1S/C15H23NO2/c1-4-11-18-14-7-5-13(6-8-14)15(17)9-10-16-12(2)3/h5-8,12,16H,4,9-11H2,1-3H3. The number of carbonyl (C=O) groups is 1. The summed E-state index contributed by atoms with van der Waals surface area (Å²) in [7, 11) is 0. The molecule has 100 valence electrons. The Labute approximate surface area is 110 Å². The van der Waals surface area contributed by atoms with E-state index in [2.05, 4.69) is 26.1 Å². The van der Waals surface area contributed by atoms with Crippen LogP contribution in [0.25, 0.3) is 0 Å². The maximum absolute atomic E-state index is 11.9. The van der Waals surface area contributed by atoms with Crippen LogP contribution >= 0.6 is 0 Å². The molecule has 0 fully saturated rings. The molecule has 0 radical (unpaired) electrons. The molecule has 1 aromatic carbocycles. The number of hydrogen-bond donors (Lipinski definition) is 1. The first kappa shape index (κ1) is 14.7. The molecule has 0 saturated carbocycles. The Morgan fingerprint density at radius 2 is 1.94 bits per heavy atom. The van der Waals surface area contributed by atoms with Crippen molar-refractivity contribution in [3.63, 3.8) is 0 Å². The maximum Gasteiger partial charge on any atom is 0.164 e. The van der Waals surface area contributed by atoms with Gasteiger partial charge in [0.15, 0.2) is 5.78 Å². The highest BCUT2D eigenvalue weighted by atomic mass is 16.5. The normalized spacial score (nSPS) is 10.7. The first-order valence-corrected chi connectivity index (χ1v) is 6.63. The number of hydrogen-bond acceptors (Lipinski definition) is 3. The molecule has 0 bridgehead atoms. The van der Waals surface area contributed by atoms with Crippen LogP contribution in [0, 0.1) is 0 Å². The van der Waals surface area contributed by atoms with Gasteiger partial charge in [0.2, 0.25) is 0 Å². The van der Waals surface area contributed by atoms with Crippen molar-refractivity contribution in [2.45, 2.75) is 39.7 Å². The fraction of sp³-hybridized carbons (Fsp3) is 0.533. The molecule has 0 saturated heterocycles. The van der Waals surface area contributed by atoms with Crippen molar-refractivity contribution in [1.82, 2.24) is 5.32 Å². The predicted molar refractivity (Wildman–Crippen MR) is 74.3 cm³/mol. The molecule has 0 spiro atoms. The highest BCUT2D eigenvalue weighted by Gasteiger charge is 2.06. The molecular weight excluding hydrogens is 226 g/mol. The zero-order valence-corrected chi connectivity index (χ0v) is 11.5. The Kier molecular flexibility index (Phi) is 6.44. The van der Waals surface area contributed by atoms with Gasteiger partial charge in [-0.3, -0.25) is 4.79 Å². The highest BCUT2D eigenvalue weighted by molar-refractivity contribution is 5.96. The number of ketones is 1. The Morgan fingerprint density at radius 1 is 1.28 bits per heavy atom. The molecular formula is C15H23NO2. The number of Topliss-reactive ketones (excluding diaryl/α,β-unsaturated/α-hetero) is 1. The largest absolute Gasteiger partial charge is 0.494 e. The van der Waals surface area contributed by atoms with Crippen molar-refractivity contribution in [2.24, 2.45) is 0 Å². The van der Waals surface area contributed by atoms with Crippen LogP contribution in [0.2, 0.25) is 0 Å². The summed E-state index contributed by atoms with van der Waals surface area (Å²) in [5, 5.41) is 3.24. The average Bonchev–Trinajstić information content (AvgIpc) is 2.36. The number of ether oxygens (including phenoxy) is 1. The van der Waals surface area contributed by atoms with E-state index in [0.29, 0.717) is 19.1 Å². The topological polar surface area (TPSA) is 38.3 Å². The Bertz CT molecular complexity index is 357. The Hall–Kier alpha value is -1.35. The van der Waals surface area contributed by atoms with Gasteiger partial charge in [0.05, 0.1) is 6.61 Å². The molecule has 0 aliphatic heterocycles. The van der Waals surface area contributed by atoms with Crippen LogP contribution in [-0.4, -0.2) is 25.0 Å². The molecule has 0 aromatic heterocycles. The predicted octanol–water partition coefficient (Wildman–Crippen LogP) is 3.05. The zero-order chi connectivity index (χ0) is 13.4. The second-order valence-corrected chi connectivity index (χ2v) is 4.65. The first-order valence-electron chi connectivity index (χ1n) is 6.63. The Balaban J connectivity index is 2.43. The van der Waals surface area contributed by atoms with Crippen LogP contribution in [0.15, 0.2) is 24.3 Å². The molecule has 3 nitrogen and oxygen atoms in total. The third-order valence-electron chi connectivity index (χ3n) is 2.55. The second kappa shape index (κ2) is 7.88. The van der Waals surface area contributed by atoms with Gasteiger partial charge < -0.3 is 10.1 Å². The lowest BCUT2D eigenvalue weighted by molar-refractivity contribution is 0.0982. The average molecular weight is 249 g/mol. The van der Waals surface area contributed by atoms with Gasteiger partial charge in [-0.25, -0.2) is 0 Å². The molecule has 18 heavy (non-hydrogen) atoms. The minimum Gasteiger partial charge on any atom is -0.494 e. The lowest BCUT2D eigenvalue weighted by Crippen LogP contribution is -2.25. The summed E-state index contributed by atoms with van der Waals surface area (Å²) >= 11 is 0. The van der Waals surface area contributed by atoms with Crippen LogP contribution < -0.4 is 10.1 Å². The Morgan fingerprint density at radius 3 is 2.50 bits per heavy atom. The number of nitrogens with one attached hydrogen (secondary N) is 1. The molecule has 0 unspecified atom stereocenters. The van der Waals surface area contributed by atoms with Gasteiger partial charge in [-0.2, -0.15) is 0 Å². The fourth-order valence-corrected chi connectivity index (χ4v) is 1.58. The van der Waals surface area contributed by atoms with Gasteiger partial charge in [-0.15, -0.1) is 0 Å². The van der Waals surface area contributed by atoms with E-state index in [1.54, 1.807) is 0 Å². The molecule has 0 heterocycles. The van der Waals surface area contributed by atoms with Crippen molar-refractivity contribution in [3.8, 4) is 5.75 Å². The second-order valence-electron chi connectivity index (χ2n) is 4.65. The van der Waals surface area contributed by atoms with Crippen molar-refractivity contribution in [2.75, 3.05) is 13.2 Å². The monoisotopic (exact) mass is 249 g/mol. The van der Waals surface area contributed by atoms with E-state index in [1.165, 1.54) is 0 Å². The van der Waals surface area contributed by atoms with Crippen molar-refractivity contribution in [3.05, 3.63) is 29.8 Å². The van der Waals surface area contributed by atoms with E-state index in [0.717, 1.165) is 24.3 Å². The molecule has 1 aromatic rings. The lowest BCUT2D eigenvalue weighted by Gasteiger charge is -2.08. The summed E-state index contributed by atoms with van der Waals surface area (Å²) in [5.41, 5.74) is 0.754. The fourth-order valence-electron chi connectivity index (χ4n) is 1.58. The third-order valence-corrected chi connectivity index (χ3v) is 2.55. The number of benzene rings is 1. The molecule has 0 aliphatic carbocycles. The minimum absolute atomic E-state index is 0.171. The smallest absolute Gasteiger partial charge is 0.164 e. The van der Waals surface area contributed by atoms with Crippen molar-refractivity contribution < 1.29 is 9.53 Å². The van der Waals surface area contributed by atoms with Gasteiger partial charge in [-0.05, 0) is 30.7 Å². The number of rotatable bonds is 8. The van der Waals surface area contributed by atoms with Crippen LogP contribution in [0.3, 0.4) is 0 Å². The van der Waals surface area contributed by atoms with Gasteiger partial charge in [0, 0.05) is 24.6 Å². The lowest BCUT2D eigenvalue weighted by atomic mass is 10.1. The van der Waals surface area contributed by atoms with Crippen LogP contribution in [0.5, 0.6) is 5.75 Å². The third kappa shape index (κ3) is 5.32. The minimum atomic E-state index is 0.171. The molecule has 0 amide bonds. The van der Waals surface area contributed by atoms with E-state index >= 15 is 0 Å². The molecule has 0 aliphatic rings. The van der Waals surface area contributed by atoms with Gasteiger partial charge >= 0.3 is 0 Å². The summed E-state index contributed by atoms with van der Waals surface area (Å²) in [5.74, 6) is 0.999. The molecule has 1 N–H and O–H groups in total. The van der Waals surface area contributed by atoms with E-state index in [-0.39, 0.29) is 5.78 Å². The summed E-state index contributed by atoms with van der Waals surface area (Å²) in [6.07, 6.45) is 1.52. The van der Waals surface area contributed by atoms with E-state index in [9.17, 15) is 4.79 Å².